The molecule has 1 aliphatic heterocycles. The maximum Gasteiger partial charge on any atom is 0.226 e. The maximum absolute atomic E-state index is 13.3. The molecule has 0 spiro atoms. The molecular weight excluding hydrogens is 315 g/mol. The second-order valence-corrected chi connectivity index (χ2v) is 6.51. The predicted molar refractivity (Wildman–Crippen MR) is 96.7 cm³/mol. The molecule has 2 aromatic carbocycles. The van der Waals surface area contributed by atoms with E-state index in [-0.39, 0.29) is 11.9 Å². The lowest BCUT2D eigenvalue weighted by Crippen LogP contribution is -2.20. The van der Waals surface area contributed by atoms with Gasteiger partial charge in [0.25, 0.3) is 0 Å². The quantitative estimate of drug-likeness (QED) is 0.761. The molecule has 25 heavy (non-hydrogen) atoms. The first-order valence-corrected chi connectivity index (χ1v) is 8.36. The normalized spacial score (nSPS) is 16.3. The molecular formula is C20H19FN4. The molecule has 0 bridgehead atoms. The number of nitrogens with zero attached hydrogens (tertiary/aromatic N) is 3. The van der Waals surface area contributed by atoms with Crippen molar-refractivity contribution in [2.75, 3.05) is 5.32 Å². The van der Waals surface area contributed by atoms with Crippen molar-refractivity contribution in [3.63, 3.8) is 0 Å². The van der Waals surface area contributed by atoms with Gasteiger partial charge in [-0.05, 0) is 40.8 Å². The van der Waals surface area contributed by atoms with Gasteiger partial charge in [0.2, 0.25) is 5.95 Å². The smallest absolute Gasteiger partial charge is 0.226 e. The molecule has 5 heteroatoms. The number of aromatic nitrogens is 3. The summed E-state index contributed by atoms with van der Waals surface area (Å²) in [5, 5.41) is 7.64. The van der Waals surface area contributed by atoms with Crippen LogP contribution in [0.25, 0.3) is 5.70 Å². The Morgan fingerprint density at radius 2 is 1.76 bits per heavy atom. The van der Waals surface area contributed by atoms with Crippen molar-refractivity contribution in [3.05, 3.63) is 83.4 Å². The van der Waals surface area contributed by atoms with E-state index in [1.54, 1.807) is 16.8 Å². The van der Waals surface area contributed by atoms with Crippen molar-refractivity contribution >= 4 is 11.6 Å². The molecule has 2 heterocycles. The zero-order chi connectivity index (χ0) is 17.4. The summed E-state index contributed by atoms with van der Waals surface area (Å²) in [7, 11) is 0. The van der Waals surface area contributed by atoms with E-state index >= 15 is 0 Å². The topological polar surface area (TPSA) is 42.7 Å². The van der Waals surface area contributed by atoms with Crippen LogP contribution in [-0.2, 0) is 0 Å². The maximum atomic E-state index is 13.3. The summed E-state index contributed by atoms with van der Waals surface area (Å²) in [5.74, 6) is 0.933. The number of nitrogens with one attached hydrogen (secondary N) is 1. The number of fused-ring (bicyclic) bond motifs is 1. The van der Waals surface area contributed by atoms with Crippen LogP contribution in [0.2, 0.25) is 0 Å². The first-order chi connectivity index (χ1) is 12.1. The van der Waals surface area contributed by atoms with E-state index in [0.717, 1.165) is 16.8 Å². The van der Waals surface area contributed by atoms with Gasteiger partial charge in [-0.15, -0.1) is 0 Å². The standard InChI is InChI=1S/C20H19FN4/c1-13(2)14-3-5-15(6-4-14)18-11-19(16-7-9-17(21)10-8-16)25-20(24-18)22-12-23-25/h3-13,19H,1-2H3,(H,22,23,24). The summed E-state index contributed by atoms with van der Waals surface area (Å²) < 4.78 is 15.1. The van der Waals surface area contributed by atoms with Gasteiger partial charge in [0.15, 0.2) is 0 Å². The van der Waals surface area contributed by atoms with Crippen LogP contribution in [0.3, 0.4) is 0 Å². The van der Waals surface area contributed by atoms with Crippen molar-refractivity contribution in [1.82, 2.24) is 14.8 Å². The van der Waals surface area contributed by atoms with Gasteiger partial charge in [-0.1, -0.05) is 50.2 Å². The van der Waals surface area contributed by atoms with Gasteiger partial charge in [0, 0.05) is 5.70 Å². The van der Waals surface area contributed by atoms with E-state index in [4.69, 9.17) is 0 Å². The average molecular weight is 334 g/mol. The van der Waals surface area contributed by atoms with Crippen molar-refractivity contribution in [3.8, 4) is 0 Å². The van der Waals surface area contributed by atoms with E-state index < -0.39 is 0 Å². The van der Waals surface area contributed by atoms with Crippen LogP contribution in [0.1, 0.15) is 42.5 Å². The molecule has 0 radical (unpaired) electrons. The molecule has 0 saturated carbocycles. The van der Waals surface area contributed by atoms with Crippen molar-refractivity contribution in [2.45, 2.75) is 25.8 Å². The van der Waals surface area contributed by atoms with E-state index in [1.807, 2.05) is 0 Å². The van der Waals surface area contributed by atoms with Crippen LogP contribution in [-0.4, -0.2) is 14.8 Å². The molecule has 1 N–H and O–H groups in total. The van der Waals surface area contributed by atoms with Crippen LogP contribution in [0, 0.1) is 5.82 Å². The van der Waals surface area contributed by atoms with E-state index in [1.165, 1.54) is 24.0 Å². The van der Waals surface area contributed by atoms with Crippen LogP contribution >= 0.6 is 0 Å². The minimum absolute atomic E-state index is 0.126. The first kappa shape index (κ1) is 15.6. The molecule has 0 saturated heterocycles. The Hall–Kier alpha value is -2.95. The lowest BCUT2D eigenvalue weighted by molar-refractivity contribution is 0.603. The number of hydrogen-bond acceptors (Lipinski definition) is 3. The second kappa shape index (κ2) is 6.16. The summed E-state index contributed by atoms with van der Waals surface area (Å²) in [6.07, 6.45) is 3.62. The fourth-order valence-electron chi connectivity index (χ4n) is 3.05. The minimum Gasteiger partial charge on any atom is -0.324 e. The molecule has 3 aromatic rings. The highest BCUT2D eigenvalue weighted by Crippen LogP contribution is 2.32. The van der Waals surface area contributed by atoms with Gasteiger partial charge < -0.3 is 5.32 Å². The summed E-state index contributed by atoms with van der Waals surface area (Å²) in [6, 6.07) is 14.9. The Bertz CT molecular complexity index is 908. The van der Waals surface area contributed by atoms with E-state index in [2.05, 4.69) is 59.6 Å². The zero-order valence-electron chi connectivity index (χ0n) is 14.1. The van der Waals surface area contributed by atoms with Gasteiger partial charge in [-0.2, -0.15) is 10.1 Å². The van der Waals surface area contributed by atoms with Crippen molar-refractivity contribution < 1.29 is 4.39 Å². The number of rotatable bonds is 3. The molecule has 0 aliphatic carbocycles. The Labute approximate surface area is 146 Å². The Morgan fingerprint density at radius 3 is 2.44 bits per heavy atom. The first-order valence-electron chi connectivity index (χ1n) is 8.36. The molecule has 0 amide bonds. The number of halogens is 1. The van der Waals surface area contributed by atoms with Gasteiger partial charge in [-0.3, -0.25) is 0 Å². The third kappa shape index (κ3) is 2.93. The predicted octanol–water partition coefficient (Wildman–Crippen LogP) is 4.60. The van der Waals surface area contributed by atoms with Gasteiger partial charge in [0.1, 0.15) is 18.2 Å². The average Bonchev–Trinajstić information content (AvgIpc) is 3.10. The lowest BCUT2D eigenvalue weighted by atomic mass is 9.98. The lowest BCUT2D eigenvalue weighted by Gasteiger charge is -2.24. The molecule has 1 atom stereocenters. The Morgan fingerprint density at radius 1 is 1.04 bits per heavy atom. The number of hydrogen-bond donors (Lipinski definition) is 1. The van der Waals surface area contributed by atoms with Gasteiger partial charge in [-0.25, -0.2) is 9.07 Å². The molecule has 4 rings (SSSR count). The highest BCUT2D eigenvalue weighted by molar-refractivity contribution is 5.77. The van der Waals surface area contributed by atoms with Gasteiger partial charge >= 0.3 is 0 Å². The Kier molecular flexibility index (Phi) is 3.84. The summed E-state index contributed by atoms with van der Waals surface area (Å²) >= 11 is 0. The van der Waals surface area contributed by atoms with Crippen LogP contribution in [0.4, 0.5) is 10.3 Å². The highest BCUT2D eigenvalue weighted by Gasteiger charge is 2.23. The van der Waals surface area contributed by atoms with Crippen LogP contribution < -0.4 is 5.32 Å². The third-order valence-corrected chi connectivity index (χ3v) is 4.51. The van der Waals surface area contributed by atoms with Gasteiger partial charge in [0.05, 0.1) is 0 Å². The largest absolute Gasteiger partial charge is 0.324 e. The highest BCUT2D eigenvalue weighted by atomic mass is 19.1. The summed E-state index contributed by atoms with van der Waals surface area (Å²) in [6.45, 7) is 4.36. The second-order valence-electron chi connectivity index (χ2n) is 6.51. The SMILES string of the molecule is CC(C)c1ccc(C2=CC(c3ccc(F)cc3)n3ncnc3N2)cc1. The van der Waals surface area contributed by atoms with Crippen LogP contribution in [0.15, 0.2) is 60.9 Å². The summed E-state index contributed by atoms with van der Waals surface area (Å²) in [5.41, 5.74) is 4.33. The minimum atomic E-state index is -0.245. The van der Waals surface area contributed by atoms with E-state index in [0.29, 0.717) is 11.9 Å². The summed E-state index contributed by atoms with van der Waals surface area (Å²) in [4.78, 5) is 4.30. The monoisotopic (exact) mass is 334 g/mol. The molecule has 4 nitrogen and oxygen atoms in total. The number of benzene rings is 2. The molecule has 1 aromatic heterocycles. The number of anilines is 1. The van der Waals surface area contributed by atoms with Crippen molar-refractivity contribution in [2.24, 2.45) is 0 Å². The fraction of sp³-hybridized carbons (Fsp3) is 0.200. The third-order valence-electron chi connectivity index (χ3n) is 4.51. The van der Waals surface area contributed by atoms with Crippen molar-refractivity contribution in [1.29, 1.82) is 0 Å². The Balaban J connectivity index is 1.74. The molecule has 1 aliphatic rings. The van der Waals surface area contributed by atoms with Crippen LogP contribution in [0.5, 0.6) is 0 Å². The van der Waals surface area contributed by atoms with E-state index in [9.17, 15) is 4.39 Å². The molecule has 126 valence electrons. The fourth-order valence-corrected chi connectivity index (χ4v) is 3.05. The zero-order valence-corrected chi connectivity index (χ0v) is 14.1. The molecule has 0 fully saturated rings. The number of allylic oxidation sites excluding steroid dienone is 1. The molecule has 1 unspecified atom stereocenters.